The van der Waals surface area contributed by atoms with Gasteiger partial charge in [0, 0.05) is 30.6 Å². The van der Waals surface area contributed by atoms with Gasteiger partial charge >= 0.3 is 6.09 Å². The lowest BCUT2D eigenvalue weighted by atomic mass is 9.97. The first-order valence-corrected chi connectivity index (χ1v) is 10.9. The van der Waals surface area contributed by atoms with Crippen LogP contribution < -0.4 is 10.2 Å². The van der Waals surface area contributed by atoms with Crippen LogP contribution in [-0.2, 0) is 14.6 Å². The van der Waals surface area contributed by atoms with Crippen LogP contribution in [0.4, 0.5) is 10.6 Å². The molecule has 26 heavy (non-hydrogen) atoms. The average Bonchev–Trinajstić information content (AvgIpc) is 2.76. The summed E-state index contributed by atoms with van der Waals surface area (Å²) in [5.41, 5.74) is -0.505. The minimum atomic E-state index is -3.24. The fourth-order valence-electron chi connectivity index (χ4n) is 3.89. The highest BCUT2D eigenvalue weighted by molar-refractivity contribution is 7.90. The average molecular weight is 381 g/mol. The Labute approximate surface area is 155 Å². The predicted molar refractivity (Wildman–Crippen MR) is 99.0 cm³/mol. The molecule has 2 aliphatic heterocycles. The molecule has 0 saturated carbocycles. The summed E-state index contributed by atoms with van der Waals surface area (Å²) in [6, 6.07) is 4.08. The van der Waals surface area contributed by atoms with Crippen molar-refractivity contribution in [1.82, 2.24) is 10.3 Å². The molecule has 2 aliphatic rings. The Bertz CT molecular complexity index is 757. The van der Waals surface area contributed by atoms with E-state index in [0.29, 0.717) is 12.1 Å². The van der Waals surface area contributed by atoms with Crippen LogP contribution in [0.1, 0.15) is 46.5 Å². The number of pyridine rings is 1. The summed E-state index contributed by atoms with van der Waals surface area (Å²) in [6.07, 6.45) is 6.01. The van der Waals surface area contributed by atoms with E-state index in [-0.39, 0.29) is 17.0 Å². The first-order chi connectivity index (χ1) is 12.0. The standard InChI is InChI=1S/C18H27N3O4S/c1-18(2,3)25-17(22)20-12-9-13-5-6-14(10-12)21(13)16-8-7-15(11-19-16)26(4,23)24/h7-8,11-14H,5-6,9-10H2,1-4H3,(H,20,22)/t12-,13+,14-. The number of sulfone groups is 1. The highest BCUT2D eigenvalue weighted by Gasteiger charge is 2.42. The fraction of sp³-hybridized carbons (Fsp3) is 0.667. The molecule has 7 nitrogen and oxygen atoms in total. The van der Waals surface area contributed by atoms with Crippen LogP contribution in [0.2, 0.25) is 0 Å². The number of carbonyl (C=O) groups excluding carboxylic acids is 1. The van der Waals surface area contributed by atoms with Gasteiger partial charge in [-0.2, -0.15) is 0 Å². The smallest absolute Gasteiger partial charge is 0.407 e. The van der Waals surface area contributed by atoms with Gasteiger partial charge in [-0.25, -0.2) is 18.2 Å². The third-order valence-corrected chi connectivity index (χ3v) is 5.97. The first-order valence-electron chi connectivity index (χ1n) is 8.97. The van der Waals surface area contributed by atoms with E-state index in [1.54, 1.807) is 12.1 Å². The number of hydrogen-bond acceptors (Lipinski definition) is 6. The Morgan fingerprint density at radius 1 is 1.23 bits per heavy atom. The van der Waals surface area contributed by atoms with Gasteiger partial charge in [0.2, 0.25) is 0 Å². The normalized spacial score (nSPS) is 25.8. The van der Waals surface area contributed by atoms with Gasteiger partial charge < -0.3 is 15.0 Å². The summed E-state index contributed by atoms with van der Waals surface area (Å²) in [6.45, 7) is 5.56. The SMILES string of the molecule is CC(C)(C)OC(=O)N[C@H]1C[C@H]2CC[C@@H](C1)N2c1ccc(S(C)(=O)=O)cn1. The van der Waals surface area contributed by atoms with Crippen molar-refractivity contribution in [3.63, 3.8) is 0 Å². The molecular weight excluding hydrogens is 354 g/mol. The van der Waals surface area contributed by atoms with Crippen LogP contribution in [-0.4, -0.2) is 49.5 Å². The lowest BCUT2D eigenvalue weighted by Gasteiger charge is -2.40. The number of amides is 1. The van der Waals surface area contributed by atoms with Crippen LogP contribution >= 0.6 is 0 Å². The minimum absolute atomic E-state index is 0.0916. The summed E-state index contributed by atoms with van der Waals surface area (Å²) in [5.74, 6) is 0.806. The maximum Gasteiger partial charge on any atom is 0.407 e. The van der Waals surface area contributed by atoms with E-state index in [0.717, 1.165) is 31.5 Å². The Kier molecular flexibility index (Phi) is 4.90. The molecule has 3 rings (SSSR count). The molecule has 0 unspecified atom stereocenters. The van der Waals surface area contributed by atoms with Crippen LogP contribution in [0.5, 0.6) is 0 Å². The Hall–Kier alpha value is -1.83. The second kappa shape index (κ2) is 6.72. The molecular formula is C18H27N3O4S. The summed E-state index contributed by atoms with van der Waals surface area (Å²) in [4.78, 5) is 18.9. The van der Waals surface area contributed by atoms with E-state index in [1.807, 2.05) is 20.8 Å². The molecule has 2 saturated heterocycles. The van der Waals surface area contributed by atoms with E-state index in [4.69, 9.17) is 4.74 Å². The van der Waals surface area contributed by atoms with E-state index in [1.165, 1.54) is 12.5 Å². The summed E-state index contributed by atoms with van der Waals surface area (Å²) in [7, 11) is -3.24. The number of carbonyl (C=O) groups is 1. The van der Waals surface area contributed by atoms with Gasteiger partial charge in [-0.1, -0.05) is 0 Å². The third-order valence-electron chi connectivity index (χ3n) is 4.87. The van der Waals surface area contributed by atoms with Crippen LogP contribution in [0.15, 0.2) is 23.2 Å². The second-order valence-electron chi connectivity index (χ2n) is 8.23. The lowest BCUT2D eigenvalue weighted by Crippen LogP contribution is -2.51. The number of ether oxygens (including phenoxy) is 1. The van der Waals surface area contributed by atoms with Crippen LogP contribution in [0.3, 0.4) is 0 Å². The number of nitrogens with one attached hydrogen (secondary N) is 1. The van der Waals surface area contributed by atoms with Gasteiger partial charge in [0.15, 0.2) is 9.84 Å². The molecule has 3 heterocycles. The lowest BCUT2D eigenvalue weighted by molar-refractivity contribution is 0.0492. The highest BCUT2D eigenvalue weighted by Crippen LogP contribution is 2.38. The van der Waals surface area contributed by atoms with E-state index >= 15 is 0 Å². The topological polar surface area (TPSA) is 88.6 Å². The molecule has 3 atom stereocenters. The largest absolute Gasteiger partial charge is 0.444 e. The zero-order valence-corrected chi connectivity index (χ0v) is 16.5. The predicted octanol–water partition coefficient (Wildman–Crippen LogP) is 2.51. The number of aromatic nitrogens is 1. The van der Waals surface area contributed by atoms with Crippen molar-refractivity contribution in [2.24, 2.45) is 0 Å². The molecule has 1 aromatic heterocycles. The molecule has 0 aliphatic carbocycles. The highest BCUT2D eigenvalue weighted by atomic mass is 32.2. The van der Waals surface area contributed by atoms with Gasteiger partial charge in [-0.15, -0.1) is 0 Å². The number of piperidine rings is 1. The minimum Gasteiger partial charge on any atom is -0.444 e. The number of fused-ring (bicyclic) bond motifs is 2. The van der Waals surface area contributed by atoms with Crippen LogP contribution in [0.25, 0.3) is 0 Å². The van der Waals surface area contributed by atoms with Crippen molar-refractivity contribution < 1.29 is 17.9 Å². The van der Waals surface area contributed by atoms with Crippen molar-refractivity contribution in [3.05, 3.63) is 18.3 Å². The number of rotatable bonds is 3. The molecule has 144 valence electrons. The number of hydrogen-bond donors (Lipinski definition) is 1. The van der Waals surface area contributed by atoms with Crippen molar-refractivity contribution in [2.75, 3.05) is 11.2 Å². The molecule has 2 bridgehead atoms. The molecule has 1 amide bonds. The van der Waals surface area contributed by atoms with Crippen LogP contribution in [0, 0.1) is 0 Å². The molecule has 1 N–H and O–H groups in total. The van der Waals surface area contributed by atoms with E-state index < -0.39 is 15.4 Å². The third kappa shape index (κ3) is 4.28. The Morgan fingerprint density at radius 2 is 1.85 bits per heavy atom. The van der Waals surface area contributed by atoms with Gasteiger partial charge in [0.1, 0.15) is 11.4 Å². The molecule has 2 fully saturated rings. The molecule has 0 spiro atoms. The number of alkyl carbamates (subject to hydrolysis) is 1. The summed E-state index contributed by atoms with van der Waals surface area (Å²) < 4.78 is 28.6. The quantitative estimate of drug-likeness (QED) is 0.865. The molecule has 0 aromatic carbocycles. The van der Waals surface area contributed by atoms with Crippen molar-refractivity contribution in [2.45, 2.75) is 75.1 Å². The van der Waals surface area contributed by atoms with Crippen molar-refractivity contribution in [3.8, 4) is 0 Å². The second-order valence-corrected chi connectivity index (χ2v) is 10.2. The van der Waals surface area contributed by atoms with Crippen molar-refractivity contribution >= 4 is 21.7 Å². The summed E-state index contributed by atoms with van der Waals surface area (Å²) >= 11 is 0. The maximum atomic E-state index is 12.0. The maximum absolute atomic E-state index is 12.0. The Balaban J connectivity index is 1.66. The monoisotopic (exact) mass is 381 g/mol. The van der Waals surface area contributed by atoms with Gasteiger partial charge in [0.05, 0.1) is 4.90 Å². The fourth-order valence-corrected chi connectivity index (χ4v) is 4.45. The zero-order chi connectivity index (χ0) is 19.1. The van der Waals surface area contributed by atoms with E-state index in [9.17, 15) is 13.2 Å². The van der Waals surface area contributed by atoms with Gasteiger partial charge in [0.25, 0.3) is 0 Å². The molecule has 8 heteroatoms. The van der Waals surface area contributed by atoms with E-state index in [2.05, 4.69) is 15.2 Å². The Morgan fingerprint density at radius 3 is 2.31 bits per heavy atom. The van der Waals surface area contributed by atoms with Gasteiger partial charge in [-0.05, 0) is 58.6 Å². The van der Waals surface area contributed by atoms with Gasteiger partial charge in [-0.3, -0.25) is 0 Å². The number of nitrogens with zero attached hydrogens (tertiary/aromatic N) is 2. The first kappa shape index (κ1) is 18.9. The molecule has 0 radical (unpaired) electrons. The zero-order valence-electron chi connectivity index (χ0n) is 15.7. The summed E-state index contributed by atoms with van der Waals surface area (Å²) in [5, 5.41) is 2.99. The number of anilines is 1. The van der Waals surface area contributed by atoms with Crippen molar-refractivity contribution in [1.29, 1.82) is 0 Å². The molecule has 1 aromatic rings.